The van der Waals surface area contributed by atoms with Crippen LogP contribution in [0.3, 0.4) is 0 Å². The lowest BCUT2D eigenvalue weighted by Crippen LogP contribution is -2.46. The van der Waals surface area contributed by atoms with Crippen LogP contribution in [0, 0.1) is 0 Å². The molecule has 0 aliphatic rings. The molecule has 0 fully saturated rings. The molecule has 2 aromatic carbocycles. The number of aryl methyl sites for hydroxylation is 1. The van der Waals surface area contributed by atoms with Crippen LogP contribution in [0.4, 0.5) is 4.79 Å². The topological polar surface area (TPSA) is 121 Å². The molecular formula is C27H28ClNO8. The Hall–Kier alpha value is -3.85. The second-order valence-electron chi connectivity index (χ2n) is 9.19. The minimum Gasteiger partial charge on any atom is -0.461 e. The van der Waals surface area contributed by atoms with Crippen molar-refractivity contribution in [2.24, 2.45) is 0 Å². The van der Waals surface area contributed by atoms with E-state index >= 15 is 0 Å². The third kappa shape index (κ3) is 8.08. The molecule has 1 amide bonds. The van der Waals surface area contributed by atoms with Gasteiger partial charge in [0.15, 0.2) is 5.75 Å². The standard InChI is InChI=1S/C27H28ClNO8/c1-5-17-11-24(31)35-21-14-22(19(28)12-18(17)21)36-25(32)20(29-26(33)37-27(2,3)4)13-23(30)34-15-16-9-7-6-8-10-16/h6-12,14,20H,5,13,15H2,1-4H3,(H,29,33)/t20-/m1/s1. The molecule has 1 aromatic heterocycles. The molecular weight excluding hydrogens is 502 g/mol. The number of amides is 1. The Kier molecular flexibility index (Phi) is 8.94. The average molecular weight is 530 g/mol. The van der Waals surface area contributed by atoms with Gasteiger partial charge < -0.3 is 23.9 Å². The lowest BCUT2D eigenvalue weighted by molar-refractivity contribution is -0.149. The molecule has 0 radical (unpaired) electrons. The molecule has 0 unspecified atom stereocenters. The molecule has 0 bridgehead atoms. The number of hydrogen-bond donors (Lipinski definition) is 1. The van der Waals surface area contributed by atoms with Crippen molar-refractivity contribution in [3.63, 3.8) is 0 Å². The number of alkyl carbamates (subject to hydrolysis) is 1. The summed E-state index contributed by atoms with van der Waals surface area (Å²) in [5.74, 6) is -1.84. The monoisotopic (exact) mass is 529 g/mol. The lowest BCUT2D eigenvalue weighted by atomic mass is 10.1. The smallest absolute Gasteiger partial charge is 0.408 e. The summed E-state index contributed by atoms with van der Waals surface area (Å²) in [7, 11) is 0. The largest absolute Gasteiger partial charge is 0.461 e. The van der Waals surface area contributed by atoms with Crippen molar-refractivity contribution in [3.05, 3.63) is 75.1 Å². The Morgan fingerprint density at radius 3 is 2.43 bits per heavy atom. The second kappa shape index (κ2) is 11.9. The van der Waals surface area contributed by atoms with E-state index in [9.17, 15) is 19.2 Å². The molecule has 1 N–H and O–H groups in total. The van der Waals surface area contributed by atoms with Crippen molar-refractivity contribution in [2.75, 3.05) is 0 Å². The number of esters is 2. The molecule has 196 valence electrons. The van der Waals surface area contributed by atoms with Gasteiger partial charge in [-0.3, -0.25) is 4.79 Å². The van der Waals surface area contributed by atoms with Gasteiger partial charge in [0.1, 0.15) is 23.8 Å². The Morgan fingerprint density at radius 1 is 1.08 bits per heavy atom. The van der Waals surface area contributed by atoms with Crippen molar-refractivity contribution in [1.82, 2.24) is 5.32 Å². The van der Waals surface area contributed by atoms with Crippen LogP contribution in [-0.2, 0) is 32.1 Å². The van der Waals surface area contributed by atoms with Crippen LogP contribution >= 0.6 is 11.6 Å². The fourth-order valence-corrected chi connectivity index (χ4v) is 3.59. The number of ether oxygens (including phenoxy) is 3. The first kappa shape index (κ1) is 27.7. The average Bonchev–Trinajstić information content (AvgIpc) is 2.82. The van der Waals surface area contributed by atoms with E-state index < -0.39 is 41.7 Å². The van der Waals surface area contributed by atoms with Gasteiger partial charge in [-0.05, 0) is 44.4 Å². The van der Waals surface area contributed by atoms with Gasteiger partial charge in [0.25, 0.3) is 0 Å². The number of nitrogens with one attached hydrogen (secondary N) is 1. The van der Waals surface area contributed by atoms with Gasteiger partial charge in [-0.15, -0.1) is 0 Å². The van der Waals surface area contributed by atoms with Gasteiger partial charge in [0.05, 0.1) is 11.4 Å². The first-order valence-corrected chi connectivity index (χ1v) is 12.0. The molecule has 3 rings (SSSR count). The van der Waals surface area contributed by atoms with E-state index in [0.717, 1.165) is 11.1 Å². The van der Waals surface area contributed by atoms with Crippen LogP contribution in [0.15, 0.2) is 57.7 Å². The predicted octanol–water partition coefficient (Wildman–Crippen LogP) is 4.94. The summed E-state index contributed by atoms with van der Waals surface area (Å²) in [5, 5.41) is 3.03. The highest BCUT2D eigenvalue weighted by atomic mass is 35.5. The summed E-state index contributed by atoms with van der Waals surface area (Å²) in [6, 6.07) is 11.7. The minimum atomic E-state index is -1.45. The normalized spacial score (nSPS) is 12.0. The fraction of sp³-hybridized carbons (Fsp3) is 0.333. The molecule has 0 spiro atoms. The summed E-state index contributed by atoms with van der Waals surface area (Å²) in [4.78, 5) is 49.8. The number of rotatable bonds is 8. The molecule has 0 saturated carbocycles. The zero-order chi connectivity index (χ0) is 27.2. The van der Waals surface area contributed by atoms with Crippen molar-refractivity contribution in [3.8, 4) is 5.75 Å². The van der Waals surface area contributed by atoms with Gasteiger partial charge in [0, 0.05) is 17.5 Å². The van der Waals surface area contributed by atoms with E-state index in [1.165, 1.54) is 18.2 Å². The quantitative estimate of drug-likeness (QED) is 0.247. The number of fused-ring (bicyclic) bond motifs is 1. The van der Waals surface area contributed by atoms with Gasteiger partial charge in [-0.1, -0.05) is 48.9 Å². The highest BCUT2D eigenvalue weighted by Crippen LogP contribution is 2.31. The number of benzene rings is 2. The van der Waals surface area contributed by atoms with E-state index in [1.807, 2.05) is 13.0 Å². The number of halogens is 1. The zero-order valence-corrected chi connectivity index (χ0v) is 21.7. The van der Waals surface area contributed by atoms with Crippen molar-refractivity contribution < 1.29 is 33.0 Å². The van der Waals surface area contributed by atoms with Crippen LogP contribution < -0.4 is 15.7 Å². The maximum absolute atomic E-state index is 13.1. The lowest BCUT2D eigenvalue weighted by Gasteiger charge is -2.22. The SMILES string of the molecule is CCc1cc(=O)oc2cc(OC(=O)[C@@H](CC(=O)OCc3ccccc3)NC(=O)OC(C)(C)C)c(Cl)cc12. The fourth-order valence-electron chi connectivity index (χ4n) is 3.38. The van der Waals surface area contributed by atoms with Crippen molar-refractivity contribution >= 4 is 40.6 Å². The van der Waals surface area contributed by atoms with Crippen LogP contribution in [0.2, 0.25) is 5.02 Å². The van der Waals surface area contributed by atoms with E-state index in [2.05, 4.69) is 5.32 Å². The summed E-state index contributed by atoms with van der Waals surface area (Å²) in [6.45, 7) is 6.83. The first-order valence-electron chi connectivity index (χ1n) is 11.6. The van der Waals surface area contributed by atoms with E-state index in [4.69, 9.17) is 30.2 Å². The molecule has 3 aromatic rings. The summed E-state index contributed by atoms with van der Waals surface area (Å²) >= 11 is 6.34. The van der Waals surface area contributed by atoms with E-state index in [1.54, 1.807) is 45.0 Å². The summed E-state index contributed by atoms with van der Waals surface area (Å²) in [6.07, 6.45) is -0.885. The molecule has 37 heavy (non-hydrogen) atoms. The zero-order valence-electron chi connectivity index (χ0n) is 21.0. The summed E-state index contributed by atoms with van der Waals surface area (Å²) in [5.41, 5.74) is 0.246. The summed E-state index contributed by atoms with van der Waals surface area (Å²) < 4.78 is 21.1. The maximum atomic E-state index is 13.1. The Labute approximate surface area is 218 Å². The van der Waals surface area contributed by atoms with Crippen LogP contribution in [0.25, 0.3) is 11.0 Å². The van der Waals surface area contributed by atoms with Gasteiger partial charge in [-0.2, -0.15) is 0 Å². The Balaban J connectivity index is 1.80. The maximum Gasteiger partial charge on any atom is 0.408 e. The number of carbonyl (C=O) groups is 3. The van der Waals surface area contributed by atoms with E-state index in [-0.39, 0.29) is 23.0 Å². The minimum absolute atomic E-state index is 0.0107. The number of carbonyl (C=O) groups excluding carboxylic acids is 3. The molecule has 0 saturated heterocycles. The number of hydrogen-bond acceptors (Lipinski definition) is 8. The third-order valence-corrected chi connectivity index (χ3v) is 5.36. The van der Waals surface area contributed by atoms with Crippen LogP contribution in [-0.4, -0.2) is 29.7 Å². The third-order valence-electron chi connectivity index (χ3n) is 5.06. The van der Waals surface area contributed by atoms with Gasteiger partial charge in [0.2, 0.25) is 0 Å². The molecule has 0 aliphatic carbocycles. The van der Waals surface area contributed by atoms with Crippen LogP contribution in [0.1, 0.15) is 45.2 Å². The van der Waals surface area contributed by atoms with Crippen molar-refractivity contribution in [2.45, 2.75) is 58.8 Å². The van der Waals surface area contributed by atoms with Crippen molar-refractivity contribution in [1.29, 1.82) is 0 Å². The first-order chi connectivity index (χ1) is 17.4. The molecule has 1 atom stereocenters. The van der Waals surface area contributed by atoms with Gasteiger partial charge in [-0.25, -0.2) is 14.4 Å². The highest BCUT2D eigenvalue weighted by Gasteiger charge is 2.29. The predicted molar refractivity (Wildman–Crippen MR) is 137 cm³/mol. The van der Waals surface area contributed by atoms with Crippen LogP contribution in [0.5, 0.6) is 5.75 Å². The van der Waals surface area contributed by atoms with Gasteiger partial charge >= 0.3 is 23.7 Å². The molecule has 0 aliphatic heterocycles. The molecule has 1 heterocycles. The second-order valence-corrected chi connectivity index (χ2v) is 9.60. The highest BCUT2D eigenvalue weighted by molar-refractivity contribution is 6.33. The van der Waals surface area contributed by atoms with E-state index in [0.29, 0.717) is 11.8 Å². The molecule has 10 heteroatoms. The molecule has 9 nitrogen and oxygen atoms in total. The Bertz CT molecular complexity index is 1340. The Morgan fingerprint density at radius 2 is 1.78 bits per heavy atom.